The summed E-state index contributed by atoms with van der Waals surface area (Å²) in [6.07, 6.45) is -2.91. The van der Waals surface area contributed by atoms with Gasteiger partial charge in [-0.1, -0.05) is 6.07 Å². The molecule has 2 aromatic rings. The molecule has 0 aliphatic carbocycles. The fraction of sp³-hybridized carbons (Fsp3) is 0.429. The Labute approximate surface area is 182 Å². The predicted molar refractivity (Wildman–Crippen MR) is 111 cm³/mol. The number of fused-ring (bicyclic) bond motifs is 1. The van der Waals surface area contributed by atoms with Crippen LogP contribution in [0.2, 0.25) is 0 Å². The molecule has 0 spiro atoms. The molecule has 1 aliphatic heterocycles. The first-order valence-corrected chi connectivity index (χ1v) is 10.5. The van der Waals surface area contributed by atoms with Crippen molar-refractivity contribution >= 4 is 40.6 Å². The summed E-state index contributed by atoms with van der Waals surface area (Å²) in [5, 5.41) is 0.593. The van der Waals surface area contributed by atoms with Crippen molar-refractivity contribution in [2.24, 2.45) is 0 Å². The van der Waals surface area contributed by atoms with Gasteiger partial charge in [-0.3, -0.25) is 14.4 Å². The summed E-state index contributed by atoms with van der Waals surface area (Å²) < 4.78 is 27.5. The Morgan fingerprint density at radius 3 is 2.29 bits per heavy atom. The van der Waals surface area contributed by atoms with Gasteiger partial charge < -0.3 is 23.4 Å². The molecular weight excluding hydrogens is 428 g/mol. The van der Waals surface area contributed by atoms with E-state index in [0.717, 1.165) is 0 Å². The lowest BCUT2D eigenvalue weighted by Crippen LogP contribution is -2.55. The van der Waals surface area contributed by atoms with Gasteiger partial charge in [0, 0.05) is 32.6 Å². The van der Waals surface area contributed by atoms with E-state index in [9.17, 15) is 19.2 Å². The second-order valence-corrected chi connectivity index (χ2v) is 8.12. The van der Waals surface area contributed by atoms with Gasteiger partial charge in [0.15, 0.2) is 23.7 Å². The van der Waals surface area contributed by atoms with Gasteiger partial charge in [0.1, 0.15) is 11.3 Å². The Morgan fingerprint density at radius 2 is 1.65 bits per heavy atom. The maximum atomic E-state index is 11.8. The topological polar surface area (TPSA) is 118 Å². The number of thioether (sulfide) groups is 1. The Kier molecular flexibility index (Phi) is 6.89. The Bertz CT molecular complexity index is 1060. The van der Waals surface area contributed by atoms with Crippen LogP contribution in [-0.2, 0) is 28.6 Å². The molecule has 3 rings (SSSR count). The molecule has 0 saturated carbocycles. The third-order valence-electron chi connectivity index (χ3n) is 4.48. The fourth-order valence-electron chi connectivity index (χ4n) is 3.40. The van der Waals surface area contributed by atoms with E-state index in [1.165, 1.54) is 38.6 Å². The molecule has 1 aliphatic rings. The normalized spacial score (nSPS) is 23.1. The molecule has 9 nitrogen and oxygen atoms in total. The standard InChI is InChI=1S/C21H22O9S/c1-10-8-17(25)29-14-6-5-7-15(18(10)14)30-21-20(28-13(4)24)19(27-12(3)23)16(9-31-21)26-11(2)22/h5-8,16,19-21H,9H2,1-4H3/t16-,19+,20-,21+/m1/s1. The van der Waals surface area contributed by atoms with Crippen molar-refractivity contribution in [3.63, 3.8) is 0 Å². The summed E-state index contributed by atoms with van der Waals surface area (Å²) in [7, 11) is 0. The minimum absolute atomic E-state index is 0.249. The molecule has 31 heavy (non-hydrogen) atoms. The minimum Gasteiger partial charge on any atom is -0.475 e. The van der Waals surface area contributed by atoms with Crippen LogP contribution in [0.4, 0.5) is 0 Å². The van der Waals surface area contributed by atoms with Gasteiger partial charge in [0.25, 0.3) is 0 Å². The Hall–Kier alpha value is -3.01. The highest BCUT2D eigenvalue weighted by molar-refractivity contribution is 7.99. The van der Waals surface area contributed by atoms with Crippen LogP contribution in [0.15, 0.2) is 33.5 Å². The first kappa shape index (κ1) is 22.7. The van der Waals surface area contributed by atoms with Crippen molar-refractivity contribution in [1.82, 2.24) is 0 Å². The lowest BCUT2D eigenvalue weighted by molar-refractivity contribution is -0.186. The number of carbonyl (C=O) groups is 3. The largest absolute Gasteiger partial charge is 0.475 e. The summed E-state index contributed by atoms with van der Waals surface area (Å²) in [5.41, 5.74) is -0.259. The first-order chi connectivity index (χ1) is 14.7. The second-order valence-electron chi connectivity index (χ2n) is 6.99. The summed E-state index contributed by atoms with van der Waals surface area (Å²) in [4.78, 5) is 46.7. The van der Waals surface area contributed by atoms with Crippen LogP contribution in [0.25, 0.3) is 11.0 Å². The zero-order chi connectivity index (χ0) is 22.7. The minimum atomic E-state index is -1.05. The van der Waals surface area contributed by atoms with Gasteiger partial charge in [-0.25, -0.2) is 4.79 Å². The average Bonchev–Trinajstić information content (AvgIpc) is 2.64. The van der Waals surface area contributed by atoms with Crippen molar-refractivity contribution in [1.29, 1.82) is 0 Å². The molecule has 2 heterocycles. The number of aryl methyl sites for hydroxylation is 1. The van der Waals surface area contributed by atoms with Crippen LogP contribution in [0, 0.1) is 6.92 Å². The van der Waals surface area contributed by atoms with Gasteiger partial charge in [-0.05, 0) is 24.6 Å². The van der Waals surface area contributed by atoms with Gasteiger partial charge in [0.05, 0.1) is 5.39 Å². The number of hydrogen-bond acceptors (Lipinski definition) is 10. The van der Waals surface area contributed by atoms with Gasteiger partial charge in [-0.15, -0.1) is 11.8 Å². The fourth-order valence-corrected chi connectivity index (χ4v) is 4.61. The molecule has 4 atom stereocenters. The summed E-state index contributed by atoms with van der Waals surface area (Å²) >= 11 is 1.25. The van der Waals surface area contributed by atoms with E-state index in [1.54, 1.807) is 25.1 Å². The van der Waals surface area contributed by atoms with E-state index >= 15 is 0 Å². The highest BCUT2D eigenvalue weighted by Gasteiger charge is 2.47. The van der Waals surface area contributed by atoms with Crippen molar-refractivity contribution < 1.29 is 37.7 Å². The summed E-state index contributed by atoms with van der Waals surface area (Å²) in [6.45, 7) is 5.43. The highest BCUT2D eigenvalue weighted by atomic mass is 32.2. The van der Waals surface area contributed by atoms with E-state index < -0.39 is 47.3 Å². The number of benzene rings is 1. The molecule has 0 radical (unpaired) electrons. The molecular formula is C21H22O9S. The highest BCUT2D eigenvalue weighted by Crippen LogP contribution is 2.36. The first-order valence-electron chi connectivity index (χ1n) is 9.49. The number of hydrogen-bond donors (Lipinski definition) is 0. The Balaban J connectivity index is 1.98. The van der Waals surface area contributed by atoms with Crippen LogP contribution in [0.5, 0.6) is 5.75 Å². The SMILES string of the molecule is CC(=O)O[C@@H]1[C@@H](OC(C)=O)[C@@H](Oc2cccc3oc(=O)cc(C)c23)SC[C@H]1OC(C)=O. The van der Waals surface area contributed by atoms with Crippen molar-refractivity contribution in [3.8, 4) is 5.75 Å². The maximum Gasteiger partial charge on any atom is 0.336 e. The van der Waals surface area contributed by atoms with Crippen LogP contribution in [-0.4, -0.2) is 47.4 Å². The maximum absolute atomic E-state index is 11.8. The zero-order valence-corrected chi connectivity index (χ0v) is 18.2. The van der Waals surface area contributed by atoms with Gasteiger partial charge in [-0.2, -0.15) is 0 Å². The average molecular weight is 450 g/mol. The summed E-state index contributed by atoms with van der Waals surface area (Å²) in [5.74, 6) is -1.13. The Morgan fingerprint density at radius 1 is 1.00 bits per heavy atom. The molecule has 0 unspecified atom stereocenters. The third kappa shape index (κ3) is 5.38. The molecule has 1 aromatic heterocycles. The van der Waals surface area contributed by atoms with E-state index in [0.29, 0.717) is 22.3 Å². The van der Waals surface area contributed by atoms with Crippen LogP contribution < -0.4 is 10.4 Å². The van der Waals surface area contributed by atoms with E-state index in [4.69, 9.17) is 23.4 Å². The van der Waals surface area contributed by atoms with Gasteiger partial charge >= 0.3 is 23.5 Å². The van der Waals surface area contributed by atoms with Crippen molar-refractivity contribution in [2.45, 2.75) is 51.4 Å². The van der Waals surface area contributed by atoms with E-state index in [2.05, 4.69) is 0 Å². The number of ether oxygens (including phenoxy) is 4. The molecule has 0 N–H and O–H groups in total. The number of carbonyl (C=O) groups excluding carboxylic acids is 3. The predicted octanol–water partition coefficient (Wildman–Crippen LogP) is 2.35. The van der Waals surface area contributed by atoms with Gasteiger partial charge in [0.2, 0.25) is 0 Å². The van der Waals surface area contributed by atoms with Crippen molar-refractivity contribution in [3.05, 3.63) is 40.2 Å². The number of rotatable bonds is 5. The molecule has 166 valence electrons. The molecule has 0 amide bonds. The van der Waals surface area contributed by atoms with Crippen LogP contribution in [0.1, 0.15) is 26.3 Å². The lowest BCUT2D eigenvalue weighted by Gasteiger charge is -2.40. The lowest BCUT2D eigenvalue weighted by atomic mass is 10.1. The molecule has 1 aromatic carbocycles. The molecule has 1 saturated heterocycles. The van der Waals surface area contributed by atoms with Crippen LogP contribution in [0.3, 0.4) is 0 Å². The molecule has 10 heteroatoms. The third-order valence-corrected chi connectivity index (χ3v) is 5.69. The molecule has 1 fully saturated rings. The van der Waals surface area contributed by atoms with Crippen LogP contribution >= 0.6 is 11.8 Å². The number of esters is 3. The second kappa shape index (κ2) is 9.42. The van der Waals surface area contributed by atoms with Crippen molar-refractivity contribution in [2.75, 3.05) is 5.75 Å². The summed E-state index contributed by atoms with van der Waals surface area (Å²) in [6, 6.07) is 6.36. The van der Waals surface area contributed by atoms with E-state index in [-0.39, 0.29) is 5.75 Å². The molecule has 0 bridgehead atoms. The van der Waals surface area contributed by atoms with E-state index in [1.807, 2.05) is 0 Å². The quantitative estimate of drug-likeness (QED) is 0.381. The monoisotopic (exact) mass is 450 g/mol. The zero-order valence-electron chi connectivity index (χ0n) is 17.4. The smallest absolute Gasteiger partial charge is 0.336 e.